The first-order chi connectivity index (χ1) is 13.7. The van der Waals surface area contributed by atoms with E-state index in [-0.39, 0.29) is 10.8 Å². The fourth-order valence-electron chi connectivity index (χ4n) is 6.74. The Morgan fingerprint density at radius 2 is 1.69 bits per heavy atom. The minimum Gasteiger partial charge on any atom is -0.546 e. The fourth-order valence-corrected chi connectivity index (χ4v) is 7.45. The van der Waals surface area contributed by atoms with Gasteiger partial charge in [-0.1, -0.05) is 26.8 Å². The molecule has 4 fully saturated rings. The first-order valence-electron chi connectivity index (χ1n) is 11.3. The van der Waals surface area contributed by atoms with Gasteiger partial charge in [-0.15, -0.1) is 0 Å². The number of ether oxygens (including phenoxy) is 2. The largest absolute Gasteiger partial charge is 0.546 e. The maximum atomic E-state index is 6.75. The van der Waals surface area contributed by atoms with E-state index >= 15 is 0 Å². The van der Waals surface area contributed by atoms with Gasteiger partial charge in [0.15, 0.2) is 0 Å². The van der Waals surface area contributed by atoms with Gasteiger partial charge in [-0.25, -0.2) is 0 Å². The third-order valence-electron chi connectivity index (χ3n) is 7.37. The molecule has 29 heavy (non-hydrogen) atoms. The fraction of sp³-hybridized carbons (Fsp3) is 0.680. The monoisotopic (exact) mass is 414 g/mol. The Hall–Kier alpha value is -1.42. The summed E-state index contributed by atoms with van der Waals surface area (Å²) in [6.07, 6.45) is 8.65. The van der Waals surface area contributed by atoms with Crippen LogP contribution in [0.4, 0.5) is 0 Å². The second-order valence-corrected chi connectivity index (χ2v) is 13.2. The zero-order valence-electron chi connectivity index (χ0n) is 19.3. The van der Waals surface area contributed by atoms with Crippen LogP contribution >= 0.6 is 0 Å². The molecule has 1 aromatic carbocycles. The van der Waals surface area contributed by atoms with Gasteiger partial charge in [-0.2, -0.15) is 0 Å². The predicted molar refractivity (Wildman–Crippen MR) is 122 cm³/mol. The van der Waals surface area contributed by atoms with Gasteiger partial charge in [0.2, 0.25) is 9.04 Å². The van der Waals surface area contributed by atoms with Crippen molar-refractivity contribution < 1.29 is 13.9 Å². The Labute approximate surface area is 178 Å². The van der Waals surface area contributed by atoms with E-state index in [1.807, 2.05) is 0 Å². The Kier molecular flexibility index (Phi) is 5.29. The summed E-state index contributed by atoms with van der Waals surface area (Å²) in [5.41, 5.74) is 4.16. The van der Waals surface area contributed by atoms with E-state index in [0.29, 0.717) is 5.92 Å². The molecule has 4 bridgehead atoms. The minimum absolute atomic E-state index is 0.0482. The van der Waals surface area contributed by atoms with Gasteiger partial charge in [-0.3, -0.25) is 0 Å². The zero-order chi connectivity index (χ0) is 21.0. The van der Waals surface area contributed by atoms with Crippen molar-refractivity contribution in [3.8, 4) is 11.5 Å². The highest BCUT2D eigenvalue weighted by Gasteiger charge is 2.56. The lowest BCUT2D eigenvalue weighted by atomic mass is 9.46. The number of rotatable bonds is 5. The highest BCUT2D eigenvalue weighted by molar-refractivity contribution is 6.49. The Morgan fingerprint density at radius 1 is 1.03 bits per heavy atom. The van der Waals surface area contributed by atoms with Crippen molar-refractivity contribution >= 4 is 9.04 Å². The van der Waals surface area contributed by atoms with E-state index < -0.39 is 9.04 Å². The van der Waals surface area contributed by atoms with Crippen LogP contribution in [0.5, 0.6) is 11.5 Å². The van der Waals surface area contributed by atoms with Gasteiger partial charge >= 0.3 is 0 Å². The molecule has 160 valence electrons. The van der Waals surface area contributed by atoms with E-state index in [0.717, 1.165) is 23.3 Å². The number of methoxy groups -OCH3 is 2. The molecule has 0 aromatic heterocycles. The molecule has 0 heterocycles. The summed E-state index contributed by atoms with van der Waals surface area (Å²) in [4.78, 5) is 0. The third-order valence-corrected chi connectivity index (χ3v) is 8.08. The summed E-state index contributed by atoms with van der Waals surface area (Å²) in [7, 11) is 2.29. The second-order valence-electron chi connectivity index (χ2n) is 10.9. The van der Waals surface area contributed by atoms with Gasteiger partial charge in [0, 0.05) is 16.5 Å². The van der Waals surface area contributed by atoms with Crippen molar-refractivity contribution in [2.24, 2.45) is 17.8 Å². The minimum atomic E-state index is -1.30. The van der Waals surface area contributed by atoms with Crippen molar-refractivity contribution in [2.75, 3.05) is 14.2 Å². The van der Waals surface area contributed by atoms with Crippen molar-refractivity contribution in [1.82, 2.24) is 0 Å². The molecule has 0 saturated heterocycles. The number of benzene rings is 1. The summed E-state index contributed by atoms with van der Waals surface area (Å²) < 4.78 is 18.2. The Morgan fingerprint density at radius 3 is 2.21 bits per heavy atom. The van der Waals surface area contributed by atoms with Crippen LogP contribution in [0.15, 0.2) is 24.0 Å². The van der Waals surface area contributed by atoms with Gasteiger partial charge in [-0.05, 0) is 80.0 Å². The lowest BCUT2D eigenvalue weighted by Gasteiger charge is -2.58. The summed E-state index contributed by atoms with van der Waals surface area (Å²) in [6.45, 7) is 11.3. The highest BCUT2D eigenvalue weighted by Crippen LogP contribution is 2.65. The van der Waals surface area contributed by atoms with Crippen LogP contribution in [0.2, 0.25) is 13.1 Å². The van der Waals surface area contributed by atoms with Crippen molar-refractivity contribution in [3.63, 3.8) is 0 Å². The molecule has 3 nitrogen and oxygen atoms in total. The van der Waals surface area contributed by atoms with Gasteiger partial charge in [0.1, 0.15) is 11.5 Å². The summed E-state index contributed by atoms with van der Waals surface area (Å²) >= 11 is 0. The molecule has 5 rings (SSSR count). The second kappa shape index (κ2) is 7.37. The molecule has 4 saturated carbocycles. The molecular weight excluding hydrogens is 376 g/mol. The molecule has 4 aliphatic rings. The number of allylic oxidation sites excluding steroid dienone is 1. The van der Waals surface area contributed by atoms with Gasteiger partial charge in [0.05, 0.1) is 20.5 Å². The molecule has 0 radical (unpaired) electrons. The number of hydrogen-bond donors (Lipinski definition) is 0. The standard InChI is InChI=1S/C25H38O3Si/c1-24(2,3)22-21(27-5)9-8-19(23(22)28-29(6)7)25-13-16-10-17(14-25)12-18(11-16)20(25)15-26-4/h8-9,15-18,29H,10-14H2,1-7H3. The van der Waals surface area contributed by atoms with Crippen molar-refractivity contribution in [1.29, 1.82) is 0 Å². The third kappa shape index (κ3) is 3.41. The zero-order valence-corrected chi connectivity index (χ0v) is 20.5. The van der Waals surface area contributed by atoms with Crippen LogP contribution in [0.25, 0.3) is 0 Å². The van der Waals surface area contributed by atoms with E-state index in [1.165, 1.54) is 48.8 Å². The van der Waals surface area contributed by atoms with Crippen LogP contribution in [0.1, 0.15) is 64.0 Å². The van der Waals surface area contributed by atoms with Crippen LogP contribution in [-0.2, 0) is 15.6 Å². The average molecular weight is 415 g/mol. The molecule has 0 spiro atoms. The smallest absolute Gasteiger partial charge is 0.229 e. The molecule has 0 amide bonds. The molecule has 4 heteroatoms. The topological polar surface area (TPSA) is 27.7 Å². The molecule has 0 N–H and O–H groups in total. The molecule has 2 atom stereocenters. The van der Waals surface area contributed by atoms with Crippen LogP contribution in [0.3, 0.4) is 0 Å². The molecule has 0 aliphatic heterocycles. The summed E-state index contributed by atoms with van der Waals surface area (Å²) in [5, 5.41) is 0. The van der Waals surface area contributed by atoms with Crippen LogP contribution < -0.4 is 9.16 Å². The van der Waals surface area contributed by atoms with Crippen molar-refractivity contribution in [3.05, 3.63) is 35.1 Å². The first kappa shape index (κ1) is 20.8. The summed E-state index contributed by atoms with van der Waals surface area (Å²) in [6, 6.07) is 4.50. The first-order valence-corrected chi connectivity index (χ1v) is 14.1. The van der Waals surface area contributed by atoms with E-state index in [4.69, 9.17) is 13.9 Å². The van der Waals surface area contributed by atoms with E-state index in [2.05, 4.69) is 52.3 Å². The van der Waals surface area contributed by atoms with E-state index in [9.17, 15) is 0 Å². The normalized spacial score (nSPS) is 32.1. The van der Waals surface area contributed by atoms with Crippen LogP contribution in [0, 0.1) is 17.8 Å². The number of hydrogen-bond acceptors (Lipinski definition) is 3. The van der Waals surface area contributed by atoms with E-state index in [1.54, 1.807) is 14.2 Å². The quantitative estimate of drug-likeness (QED) is 0.439. The molecule has 1 aromatic rings. The lowest BCUT2D eigenvalue weighted by molar-refractivity contribution is 0.0417. The maximum Gasteiger partial charge on any atom is 0.229 e. The summed E-state index contributed by atoms with van der Waals surface area (Å²) in [5.74, 6) is 4.41. The predicted octanol–water partition coefficient (Wildman–Crippen LogP) is 5.96. The molecule has 2 unspecified atom stereocenters. The van der Waals surface area contributed by atoms with Crippen LogP contribution in [-0.4, -0.2) is 23.3 Å². The van der Waals surface area contributed by atoms with Gasteiger partial charge in [0.25, 0.3) is 0 Å². The SMILES string of the molecule is COC=C1C2CC3CC(C2)CC1(c1ccc(OC)c(C(C)(C)C)c1O[SiH](C)C)C3. The average Bonchev–Trinajstić information content (AvgIpc) is 2.62. The maximum absolute atomic E-state index is 6.75. The van der Waals surface area contributed by atoms with Gasteiger partial charge < -0.3 is 13.9 Å². The molecule has 4 aliphatic carbocycles. The molecular formula is C25H38O3Si. The van der Waals surface area contributed by atoms with Crippen molar-refractivity contribution in [2.45, 2.75) is 76.8 Å². The Balaban J connectivity index is 1.97. The highest BCUT2D eigenvalue weighted by atomic mass is 28.3. The lowest BCUT2D eigenvalue weighted by Crippen LogP contribution is -2.51. The Bertz CT molecular complexity index is 791.